The lowest BCUT2D eigenvalue weighted by Crippen LogP contribution is -2.29. The molecular formula is C28H32F2N4O3. The monoisotopic (exact) mass is 510 g/mol. The van der Waals surface area contributed by atoms with E-state index < -0.39 is 12.5 Å². The van der Waals surface area contributed by atoms with Gasteiger partial charge in [0.05, 0.1) is 17.7 Å². The molecule has 5 heterocycles. The molecule has 1 aromatic carbocycles. The van der Waals surface area contributed by atoms with E-state index in [2.05, 4.69) is 0 Å². The highest BCUT2D eigenvalue weighted by molar-refractivity contribution is 5.95. The van der Waals surface area contributed by atoms with Crippen molar-refractivity contribution in [3.8, 4) is 0 Å². The fourth-order valence-corrected chi connectivity index (χ4v) is 6.08. The zero-order valence-corrected chi connectivity index (χ0v) is 21.2. The van der Waals surface area contributed by atoms with E-state index >= 15 is 0 Å². The Bertz CT molecular complexity index is 1420. The summed E-state index contributed by atoms with van der Waals surface area (Å²) in [6, 6.07) is 7.30. The van der Waals surface area contributed by atoms with Gasteiger partial charge in [0, 0.05) is 61.6 Å². The molecule has 0 amide bonds. The molecule has 2 saturated heterocycles. The Morgan fingerprint density at radius 3 is 2.68 bits per heavy atom. The van der Waals surface area contributed by atoms with Crippen molar-refractivity contribution in [1.29, 1.82) is 0 Å². The number of rotatable bonds is 4. The van der Waals surface area contributed by atoms with Crippen LogP contribution < -0.4 is 15.4 Å². The number of benzene rings is 1. The standard InChI is InChI=1S/C28H32F2N4O3/c1-16-11-21-23(32(2)28(16)36)14-25(33-9-7-18(35)15-33)31-27(21)34-8-3-5-17-12-19(24-6-4-10-37-24)20(26(29)30)13-22(17)34/h11-14,18,24,26,35H,3-10,15H2,1-2H3/t18-,24?/m1/s1. The normalized spacial score (nSPS) is 21.9. The second-order valence-corrected chi connectivity index (χ2v) is 10.5. The zero-order chi connectivity index (χ0) is 25.8. The molecule has 37 heavy (non-hydrogen) atoms. The third-order valence-electron chi connectivity index (χ3n) is 8.02. The number of halogens is 2. The van der Waals surface area contributed by atoms with Gasteiger partial charge in [-0.3, -0.25) is 4.79 Å². The van der Waals surface area contributed by atoms with Gasteiger partial charge in [-0.25, -0.2) is 13.8 Å². The van der Waals surface area contributed by atoms with Gasteiger partial charge in [0.1, 0.15) is 11.6 Å². The Hall–Kier alpha value is -3.04. The molecule has 3 aromatic rings. The van der Waals surface area contributed by atoms with Crippen molar-refractivity contribution in [3.63, 3.8) is 0 Å². The van der Waals surface area contributed by atoms with Crippen molar-refractivity contribution in [2.75, 3.05) is 36.0 Å². The lowest BCUT2D eigenvalue weighted by Gasteiger charge is -2.34. The molecule has 0 spiro atoms. The quantitative estimate of drug-likeness (QED) is 0.549. The molecule has 9 heteroatoms. The van der Waals surface area contributed by atoms with Gasteiger partial charge in [0.2, 0.25) is 0 Å². The highest BCUT2D eigenvalue weighted by Crippen LogP contribution is 2.43. The van der Waals surface area contributed by atoms with Crippen LogP contribution in [0.4, 0.5) is 26.1 Å². The topological polar surface area (TPSA) is 70.8 Å². The number of alkyl halides is 2. The first-order chi connectivity index (χ1) is 17.8. The summed E-state index contributed by atoms with van der Waals surface area (Å²) in [5, 5.41) is 10.9. The van der Waals surface area contributed by atoms with E-state index in [1.165, 1.54) is 0 Å². The molecule has 0 bridgehead atoms. The second-order valence-electron chi connectivity index (χ2n) is 10.5. The number of ether oxygens (including phenoxy) is 1. The number of β-amino-alcohol motifs (C(OH)–C–C–N with tert-alkyl or cyclic N) is 1. The van der Waals surface area contributed by atoms with Crippen molar-refractivity contribution in [1.82, 2.24) is 9.55 Å². The lowest BCUT2D eigenvalue weighted by atomic mass is 9.92. The van der Waals surface area contributed by atoms with Gasteiger partial charge >= 0.3 is 0 Å². The Morgan fingerprint density at radius 1 is 1.14 bits per heavy atom. The van der Waals surface area contributed by atoms with E-state index in [0.29, 0.717) is 55.4 Å². The van der Waals surface area contributed by atoms with Crippen LogP contribution >= 0.6 is 0 Å². The summed E-state index contributed by atoms with van der Waals surface area (Å²) in [5.41, 5.74) is 3.61. The van der Waals surface area contributed by atoms with Crippen molar-refractivity contribution in [2.45, 2.75) is 57.7 Å². The Kier molecular flexibility index (Phi) is 6.15. The Balaban J connectivity index is 1.55. The van der Waals surface area contributed by atoms with Gasteiger partial charge in [-0.05, 0) is 62.3 Å². The number of fused-ring (bicyclic) bond motifs is 2. The SMILES string of the molecule is Cc1cc2c(N3CCCc4cc(C5CCCO5)c(C(F)F)cc43)nc(N3CC[C@@H](O)C3)cc2n(C)c1=O. The Morgan fingerprint density at radius 2 is 1.97 bits per heavy atom. The van der Waals surface area contributed by atoms with E-state index in [0.717, 1.165) is 47.8 Å². The van der Waals surface area contributed by atoms with E-state index in [1.54, 1.807) is 24.6 Å². The summed E-state index contributed by atoms with van der Waals surface area (Å²) < 4.78 is 36.1. The maximum atomic E-state index is 14.3. The maximum Gasteiger partial charge on any atom is 0.264 e. The lowest BCUT2D eigenvalue weighted by molar-refractivity contribution is 0.102. The van der Waals surface area contributed by atoms with Crippen LogP contribution in [0.5, 0.6) is 0 Å². The molecule has 2 aromatic heterocycles. The molecule has 196 valence electrons. The van der Waals surface area contributed by atoms with Crippen LogP contribution in [-0.4, -0.2) is 47.0 Å². The molecule has 3 aliphatic heterocycles. The molecule has 0 radical (unpaired) electrons. The van der Waals surface area contributed by atoms with E-state index in [1.807, 2.05) is 28.0 Å². The summed E-state index contributed by atoms with van der Waals surface area (Å²) in [6.07, 6.45) is 0.605. The van der Waals surface area contributed by atoms with E-state index in [9.17, 15) is 18.7 Å². The predicted molar refractivity (Wildman–Crippen MR) is 139 cm³/mol. The molecule has 0 aliphatic carbocycles. The zero-order valence-electron chi connectivity index (χ0n) is 21.2. The second kappa shape index (κ2) is 9.36. The molecule has 6 rings (SSSR count). The maximum absolute atomic E-state index is 14.3. The first-order valence-electron chi connectivity index (χ1n) is 13.1. The molecule has 7 nitrogen and oxygen atoms in total. The van der Waals surface area contributed by atoms with Crippen molar-refractivity contribution in [3.05, 3.63) is 56.9 Å². The summed E-state index contributed by atoms with van der Waals surface area (Å²) >= 11 is 0. The number of hydrogen-bond acceptors (Lipinski definition) is 6. The minimum atomic E-state index is -2.61. The van der Waals surface area contributed by atoms with Crippen molar-refractivity contribution in [2.24, 2.45) is 7.05 Å². The van der Waals surface area contributed by atoms with Crippen molar-refractivity contribution < 1.29 is 18.6 Å². The number of anilines is 3. The summed E-state index contributed by atoms with van der Waals surface area (Å²) in [5.74, 6) is 1.33. The molecule has 1 unspecified atom stereocenters. The third-order valence-corrected chi connectivity index (χ3v) is 8.02. The largest absolute Gasteiger partial charge is 0.391 e. The highest BCUT2D eigenvalue weighted by Gasteiger charge is 2.31. The first-order valence-corrected chi connectivity index (χ1v) is 13.1. The van der Waals surface area contributed by atoms with Crippen LogP contribution in [0, 0.1) is 6.92 Å². The van der Waals surface area contributed by atoms with Crippen LogP contribution in [0.2, 0.25) is 0 Å². The van der Waals surface area contributed by atoms with Crippen LogP contribution in [0.25, 0.3) is 10.9 Å². The predicted octanol–water partition coefficient (Wildman–Crippen LogP) is 4.69. The van der Waals surface area contributed by atoms with Gasteiger partial charge in [-0.2, -0.15) is 0 Å². The number of nitrogens with zero attached hydrogens (tertiary/aromatic N) is 4. The number of hydrogen-bond donors (Lipinski definition) is 1. The molecule has 1 N–H and O–H groups in total. The molecular weight excluding hydrogens is 478 g/mol. The molecule has 3 aliphatic rings. The third kappa shape index (κ3) is 4.18. The van der Waals surface area contributed by atoms with Gasteiger partial charge < -0.3 is 24.2 Å². The summed E-state index contributed by atoms with van der Waals surface area (Å²) in [6.45, 7) is 4.14. The van der Waals surface area contributed by atoms with Gasteiger partial charge in [0.15, 0.2) is 0 Å². The van der Waals surface area contributed by atoms with Gasteiger partial charge in [-0.15, -0.1) is 0 Å². The van der Waals surface area contributed by atoms with Crippen LogP contribution in [0.15, 0.2) is 29.1 Å². The van der Waals surface area contributed by atoms with E-state index in [-0.39, 0.29) is 17.2 Å². The Labute approximate surface area is 214 Å². The fourth-order valence-electron chi connectivity index (χ4n) is 6.08. The fraction of sp³-hybridized carbons (Fsp3) is 0.500. The molecule has 2 fully saturated rings. The van der Waals surface area contributed by atoms with Crippen LogP contribution in [-0.2, 0) is 18.2 Å². The van der Waals surface area contributed by atoms with Crippen LogP contribution in [0.3, 0.4) is 0 Å². The summed E-state index contributed by atoms with van der Waals surface area (Å²) in [4.78, 5) is 21.9. The van der Waals surface area contributed by atoms with Crippen molar-refractivity contribution >= 4 is 28.2 Å². The number of pyridine rings is 2. The first kappa shape index (κ1) is 24.3. The molecule has 2 atom stereocenters. The average Bonchev–Trinajstić information content (AvgIpc) is 3.58. The summed E-state index contributed by atoms with van der Waals surface area (Å²) in [7, 11) is 1.75. The minimum Gasteiger partial charge on any atom is -0.391 e. The average molecular weight is 511 g/mol. The number of aliphatic hydroxyl groups is 1. The number of aryl methyl sites for hydroxylation is 3. The highest BCUT2D eigenvalue weighted by atomic mass is 19.3. The van der Waals surface area contributed by atoms with Gasteiger partial charge in [0.25, 0.3) is 12.0 Å². The molecule has 0 saturated carbocycles. The smallest absolute Gasteiger partial charge is 0.264 e. The van der Waals surface area contributed by atoms with Gasteiger partial charge in [-0.1, -0.05) is 6.07 Å². The minimum absolute atomic E-state index is 0.0178. The number of aliphatic hydroxyl groups excluding tert-OH is 1. The number of aromatic nitrogens is 2. The van der Waals surface area contributed by atoms with Crippen LogP contribution in [0.1, 0.15) is 60.5 Å². The van der Waals surface area contributed by atoms with E-state index in [4.69, 9.17) is 9.72 Å².